The number of rotatable bonds is 7. The molecule has 2 rings (SSSR count). The molecule has 0 aliphatic heterocycles. The second kappa shape index (κ2) is 6.43. The molecule has 1 atom stereocenters. The van der Waals surface area contributed by atoms with Crippen molar-refractivity contribution in [3.05, 3.63) is 18.2 Å². The van der Waals surface area contributed by atoms with E-state index in [2.05, 4.69) is 4.98 Å². The van der Waals surface area contributed by atoms with Gasteiger partial charge in [-0.05, 0) is 31.3 Å². The Morgan fingerprint density at radius 1 is 1.68 bits per heavy atom. The summed E-state index contributed by atoms with van der Waals surface area (Å²) in [5, 5.41) is 9.96. The third-order valence-corrected chi connectivity index (χ3v) is 4.03. The van der Waals surface area contributed by atoms with Gasteiger partial charge in [0.15, 0.2) is 0 Å². The van der Waals surface area contributed by atoms with E-state index in [0.29, 0.717) is 13.0 Å². The molecule has 1 saturated carbocycles. The van der Waals surface area contributed by atoms with Gasteiger partial charge >= 0.3 is 0 Å². The summed E-state index contributed by atoms with van der Waals surface area (Å²) in [5.74, 6) is 1.50. The van der Waals surface area contributed by atoms with Crippen LogP contribution in [0.1, 0.15) is 25.1 Å². The quantitative estimate of drug-likeness (QED) is 0.812. The Balaban J connectivity index is 1.99. The minimum Gasteiger partial charge on any atom is -0.383 e. The normalized spacial score (nSPS) is 16.4. The lowest BCUT2D eigenvalue weighted by Gasteiger charge is -2.24. The first-order chi connectivity index (χ1) is 9.13. The molecule has 1 amide bonds. The molecule has 1 fully saturated rings. The number of aliphatic hydroxyl groups excluding tert-OH is 1. The van der Waals surface area contributed by atoms with Gasteiger partial charge in [0.25, 0.3) is 5.91 Å². The van der Waals surface area contributed by atoms with Crippen LogP contribution in [-0.2, 0) is 18.4 Å². The van der Waals surface area contributed by atoms with Crippen LogP contribution in [0.2, 0.25) is 0 Å². The first kappa shape index (κ1) is 14.4. The molecule has 0 unspecified atom stereocenters. The molecule has 1 aromatic heterocycles. The number of aryl methyl sites for hydroxylation is 1. The maximum atomic E-state index is 12.3. The summed E-state index contributed by atoms with van der Waals surface area (Å²) in [6.07, 6.45) is 7.28. The SMILES string of the molecule is CSCC[C@H](O)C(=O)N(Cc1nccn1C)C1CC1. The van der Waals surface area contributed by atoms with Crippen molar-refractivity contribution in [3.8, 4) is 0 Å². The van der Waals surface area contributed by atoms with E-state index in [1.807, 2.05) is 24.1 Å². The van der Waals surface area contributed by atoms with Gasteiger partial charge in [-0.25, -0.2) is 4.98 Å². The minimum absolute atomic E-state index is 0.153. The first-order valence-electron chi connectivity index (χ1n) is 6.57. The van der Waals surface area contributed by atoms with Crippen molar-refractivity contribution in [1.29, 1.82) is 0 Å². The monoisotopic (exact) mass is 283 g/mol. The lowest BCUT2D eigenvalue weighted by Crippen LogP contribution is -2.41. The number of nitrogens with zero attached hydrogens (tertiary/aromatic N) is 3. The molecule has 106 valence electrons. The molecule has 1 aliphatic rings. The zero-order chi connectivity index (χ0) is 13.8. The highest BCUT2D eigenvalue weighted by Gasteiger charge is 2.35. The number of imidazole rings is 1. The van der Waals surface area contributed by atoms with Crippen LogP contribution < -0.4 is 0 Å². The van der Waals surface area contributed by atoms with Gasteiger partial charge in [-0.15, -0.1) is 0 Å². The summed E-state index contributed by atoms with van der Waals surface area (Å²) in [5.41, 5.74) is 0. The van der Waals surface area contributed by atoms with Crippen LogP contribution in [0, 0.1) is 0 Å². The van der Waals surface area contributed by atoms with Crippen LogP contribution >= 0.6 is 11.8 Å². The van der Waals surface area contributed by atoms with E-state index in [-0.39, 0.29) is 11.9 Å². The molecule has 0 saturated heterocycles. The van der Waals surface area contributed by atoms with Crippen molar-refractivity contribution in [3.63, 3.8) is 0 Å². The Bertz CT molecular complexity index is 431. The van der Waals surface area contributed by atoms with Crippen LogP contribution in [0.4, 0.5) is 0 Å². The Morgan fingerprint density at radius 3 is 2.95 bits per heavy atom. The standard InChI is InChI=1S/C13H21N3O2S/c1-15-7-6-14-12(15)9-16(10-3-4-10)13(18)11(17)5-8-19-2/h6-7,10-11,17H,3-5,8-9H2,1-2H3/t11-/m0/s1. The fourth-order valence-corrected chi connectivity index (χ4v) is 2.48. The first-order valence-corrected chi connectivity index (χ1v) is 7.96. The van der Waals surface area contributed by atoms with E-state index in [0.717, 1.165) is 24.4 Å². The van der Waals surface area contributed by atoms with Gasteiger partial charge in [0.1, 0.15) is 11.9 Å². The highest BCUT2D eigenvalue weighted by atomic mass is 32.2. The lowest BCUT2D eigenvalue weighted by molar-refractivity contribution is -0.141. The van der Waals surface area contributed by atoms with Gasteiger partial charge in [0, 0.05) is 25.5 Å². The average molecular weight is 283 g/mol. The molecular formula is C13H21N3O2S. The Hall–Kier alpha value is -1.01. The van der Waals surface area contributed by atoms with Crippen molar-refractivity contribution in [1.82, 2.24) is 14.5 Å². The molecule has 0 aromatic carbocycles. The molecule has 0 spiro atoms. The van der Waals surface area contributed by atoms with Crippen molar-refractivity contribution in [2.75, 3.05) is 12.0 Å². The van der Waals surface area contributed by atoms with Crippen LogP contribution in [0.5, 0.6) is 0 Å². The van der Waals surface area contributed by atoms with Crippen LogP contribution in [0.15, 0.2) is 12.4 Å². The summed E-state index contributed by atoms with van der Waals surface area (Å²) in [7, 11) is 1.92. The smallest absolute Gasteiger partial charge is 0.252 e. The second-order valence-corrected chi connectivity index (χ2v) is 5.93. The number of aromatic nitrogens is 2. The number of amides is 1. The summed E-state index contributed by atoms with van der Waals surface area (Å²) >= 11 is 1.64. The maximum Gasteiger partial charge on any atom is 0.252 e. The predicted octanol–water partition coefficient (Wildman–Crippen LogP) is 1.03. The Kier molecular flexibility index (Phi) is 4.87. The summed E-state index contributed by atoms with van der Waals surface area (Å²) in [6, 6.07) is 0.285. The molecule has 19 heavy (non-hydrogen) atoms. The zero-order valence-electron chi connectivity index (χ0n) is 11.5. The van der Waals surface area contributed by atoms with Gasteiger partial charge in [-0.2, -0.15) is 11.8 Å². The van der Waals surface area contributed by atoms with E-state index in [9.17, 15) is 9.90 Å². The lowest BCUT2D eigenvalue weighted by atomic mass is 10.2. The molecule has 6 heteroatoms. The van der Waals surface area contributed by atoms with Crippen LogP contribution in [-0.4, -0.2) is 49.6 Å². The molecule has 1 aromatic rings. The molecule has 0 radical (unpaired) electrons. The number of aliphatic hydroxyl groups is 1. The van der Waals surface area contributed by atoms with Crippen molar-refractivity contribution in [2.24, 2.45) is 7.05 Å². The van der Waals surface area contributed by atoms with Gasteiger partial charge in [-0.1, -0.05) is 0 Å². The summed E-state index contributed by atoms with van der Waals surface area (Å²) in [4.78, 5) is 18.3. The highest BCUT2D eigenvalue weighted by Crippen LogP contribution is 2.29. The van der Waals surface area contributed by atoms with E-state index in [1.165, 1.54) is 0 Å². The van der Waals surface area contributed by atoms with E-state index < -0.39 is 6.10 Å². The fraction of sp³-hybridized carbons (Fsp3) is 0.692. The molecule has 1 heterocycles. The van der Waals surface area contributed by atoms with Gasteiger partial charge < -0.3 is 14.6 Å². The molecular weight excluding hydrogens is 262 g/mol. The van der Waals surface area contributed by atoms with Gasteiger partial charge in [0.05, 0.1) is 6.54 Å². The summed E-state index contributed by atoms with van der Waals surface area (Å²) < 4.78 is 1.91. The summed E-state index contributed by atoms with van der Waals surface area (Å²) in [6.45, 7) is 0.489. The topological polar surface area (TPSA) is 58.4 Å². The van der Waals surface area contributed by atoms with Gasteiger partial charge in [0.2, 0.25) is 0 Å². The number of hydrogen-bond donors (Lipinski definition) is 1. The predicted molar refractivity (Wildman–Crippen MR) is 75.8 cm³/mol. The minimum atomic E-state index is -0.881. The molecule has 0 bridgehead atoms. The van der Waals surface area contributed by atoms with Gasteiger partial charge in [-0.3, -0.25) is 4.79 Å². The zero-order valence-corrected chi connectivity index (χ0v) is 12.3. The van der Waals surface area contributed by atoms with Crippen LogP contribution in [0.3, 0.4) is 0 Å². The third-order valence-electron chi connectivity index (χ3n) is 3.38. The number of carbonyl (C=O) groups excluding carboxylic acids is 1. The van der Waals surface area contributed by atoms with Crippen LogP contribution in [0.25, 0.3) is 0 Å². The molecule has 1 aliphatic carbocycles. The largest absolute Gasteiger partial charge is 0.383 e. The Labute approximate surface area is 118 Å². The Morgan fingerprint density at radius 2 is 2.42 bits per heavy atom. The van der Waals surface area contributed by atoms with Crippen molar-refractivity contribution >= 4 is 17.7 Å². The highest BCUT2D eigenvalue weighted by molar-refractivity contribution is 7.98. The van der Waals surface area contributed by atoms with Crippen molar-refractivity contribution < 1.29 is 9.90 Å². The number of carbonyl (C=O) groups is 1. The third kappa shape index (κ3) is 3.73. The molecule has 5 nitrogen and oxygen atoms in total. The molecule has 1 N–H and O–H groups in total. The maximum absolute atomic E-state index is 12.3. The average Bonchev–Trinajstić information content (AvgIpc) is 3.16. The van der Waals surface area contributed by atoms with E-state index in [4.69, 9.17) is 0 Å². The number of thioether (sulfide) groups is 1. The fourth-order valence-electron chi connectivity index (χ4n) is 2.02. The van der Waals surface area contributed by atoms with E-state index in [1.54, 1.807) is 22.9 Å². The number of hydrogen-bond acceptors (Lipinski definition) is 4. The van der Waals surface area contributed by atoms with Crippen molar-refractivity contribution in [2.45, 2.75) is 38.0 Å². The van der Waals surface area contributed by atoms with E-state index >= 15 is 0 Å². The second-order valence-electron chi connectivity index (χ2n) is 4.95.